The minimum absolute atomic E-state index is 0.0115. The van der Waals surface area contributed by atoms with Gasteiger partial charge >= 0.3 is 13.5 Å². The van der Waals surface area contributed by atoms with Crippen LogP contribution < -0.4 is 9.39 Å². The number of hydrogen-bond acceptors (Lipinski definition) is 3. The molecular formula is C12H11BFO4. The van der Waals surface area contributed by atoms with E-state index in [1.807, 2.05) is 6.07 Å². The third kappa shape index (κ3) is 1.72. The van der Waals surface area contributed by atoms with Gasteiger partial charge in [0, 0.05) is 0 Å². The molecule has 0 amide bonds. The predicted molar refractivity (Wildman–Crippen MR) is 62.4 cm³/mol. The first kappa shape index (κ1) is 11.4. The smallest absolute Gasteiger partial charge is 0.373 e. The molecule has 1 saturated carbocycles. The number of hydrogen-bond donors (Lipinski definition) is 1. The van der Waals surface area contributed by atoms with Gasteiger partial charge in [0.15, 0.2) is 0 Å². The number of carboxylic acids is 1. The molecule has 1 aromatic carbocycles. The van der Waals surface area contributed by atoms with E-state index >= 15 is 0 Å². The van der Waals surface area contributed by atoms with E-state index in [0.717, 1.165) is 12.0 Å². The highest BCUT2D eigenvalue weighted by Gasteiger charge is 2.46. The zero-order valence-electron chi connectivity index (χ0n) is 9.56. The molecule has 18 heavy (non-hydrogen) atoms. The molecule has 2 aliphatic rings. The Balaban J connectivity index is 2.03. The summed E-state index contributed by atoms with van der Waals surface area (Å²) in [5.41, 5.74) is 0.898. The molecule has 0 saturated heterocycles. The van der Waals surface area contributed by atoms with Crippen LogP contribution in [0.1, 0.15) is 28.3 Å². The first-order chi connectivity index (χ1) is 8.72. The van der Waals surface area contributed by atoms with Gasteiger partial charge in [-0.3, -0.25) is 0 Å². The van der Waals surface area contributed by atoms with Gasteiger partial charge in [0.25, 0.3) is 0 Å². The maximum Gasteiger partial charge on any atom is 0.373 e. The normalized spacial score (nSPS) is 23.2. The highest BCUT2D eigenvalue weighted by atomic mass is 19.1. The topological polar surface area (TPSA) is 55.8 Å². The van der Waals surface area contributed by atoms with Gasteiger partial charge in [-0.1, -0.05) is 6.07 Å². The van der Waals surface area contributed by atoms with Crippen LogP contribution in [0.3, 0.4) is 0 Å². The number of benzene rings is 1. The molecule has 2 unspecified atom stereocenters. The molecule has 0 bridgehead atoms. The Morgan fingerprint density at radius 1 is 1.61 bits per heavy atom. The number of aromatic carboxylic acids is 1. The molecule has 93 valence electrons. The Morgan fingerprint density at radius 2 is 2.44 bits per heavy atom. The first-order valence-corrected chi connectivity index (χ1v) is 5.81. The molecular weight excluding hydrogens is 238 g/mol. The third-order valence-corrected chi connectivity index (χ3v) is 3.30. The lowest BCUT2D eigenvalue weighted by atomic mass is 9.84. The summed E-state index contributed by atoms with van der Waals surface area (Å²) in [4.78, 5) is 11.3. The Hall–Kier alpha value is -1.72. The van der Waals surface area contributed by atoms with Gasteiger partial charge in [-0.25, -0.2) is 9.18 Å². The molecule has 1 aliphatic heterocycles. The van der Waals surface area contributed by atoms with Gasteiger partial charge in [-0.05, 0) is 29.8 Å². The van der Waals surface area contributed by atoms with Crippen LogP contribution in [0.15, 0.2) is 12.1 Å². The summed E-state index contributed by atoms with van der Waals surface area (Å²) in [6.07, 6.45) is 0.997. The molecule has 3 rings (SSSR count). The third-order valence-electron chi connectivity index (χ3n) is 3.30. The Bertz CT molecular complexity index is 505. The Morgan fingerprint density at radius 3 is 3.17 bits per heavy atom. The summed E-state index contributed by atoms with van der Waals surface area (Å²) >= 11 is 0. The molecule has 1 N–H and O–H groups in total. The van der Waals surface area contributed by atoms with Crippen LogP contribution in [0.2, 0.25) is 5.82 Å². The molecule has 1 heterocycles. The van der Waals surface area contributed by atoms with Gasteiger partial charge < -0.3 is 14.5 Å². The largest absolute Gasteiger partial charge is 0.562 e. The fraction of sp³-hybridized carbons (Fsp3) is 0.417. The van der Waals surface area contributed by atoms with Gasteiger partial charge in [0.1, 0.15) is 30.3 Å². The van der Waals surface area contributed by atoms with E-state index in [2.05, 4.69) is 0 Å². The zero-order valence-corrected chi connectivity index (χ0v) is 9.56. The highest BCUT2D eigenvalue weighted by molar-refractivity contribution is 6.34. The fourth-order valence-corrected chi connectivity index (χ4v) is 2.35. The van der Waals surface area contributed by atoms with Crippen molar-refractivity contribution in [1.82, 2.24) is 0 Å². The summed E-state index contributed by atoms with van der Waals surface area (Å²) in [5.74, 6) is 0.149. The average molecular weight is 249 g/mol. The second-order valence-corrected chi connectivity index (χ2v) is 4.46. The number of carboxylic acid groups (broad SMARTS) is 1. The molecule has 6 heteroatoms. The minimum atomic E-state index is -1.12. The standard InChI is InChI=1S/C12H11BFO4/c14-3-4-17-9-2-1-6-7-5-8(7)13-18-11(6)10(9)12(15)16/h1-2,7-8H,3-5H2,(H,15,16). The molecule has 1 fully saturated rings. The number of ether oxygens (including phenoxy) is 1. The van der Waals surface area contributed by atoms with Gasteiger partial charge in [0.2, 0.25) is 0 Å². The second-order valence-electron chi connectivity index (χ2n) is 4.46. The van der Waals surface area contributed by atoms with E-state index in [4.69, 9.17) is 9.39 Å². The molecule has 1 aliphatic carbocycles. The van der Waals surface area contributed by atoms with Crippen LogP contribution in [0.5, 0.6) is 11.5 Å². The summed E-state index contributed by atoms with van der Waals surface area (Å²) in [7, 11) is 1.68. The van der Waals surface area contributed by atoms with E-state index in [1.54, 1.807) is 13.5 Å². The molecule has 0 spiro atoms. The summed E-state index contributed by atoms with van der Waals surface area (Å²) < 4.78 is 22.6. The Kier molecular flexibility index (Phi) is 2.65. The predicted octanol–water partition coefficient (Wildman–Crippen LogP) is 2.02. The molecule has 0 aromatic heterocycles. The van der Waals surface area contributed by atoms with Crippen molar-refractivity contribution in [2.24, 2.45) is 0 Å². The quantitative estimate of drug-likeness (QED) is 0.829. The lowest BCUT2D eigenvalue weighted by Gasteiger charge is -2.20. The van der Waals surface area contributed by atoms with Crippen molar-refractivity contribution in [3.8, 4) is 11.5 Å². The van der Waals surface area contributed by atoms with Crippen LogP contribution >= 0.6 is 0 Å². The fourth-order valence-electron chi connectivity index (χ4n) is 2.35. The van der Waals surface area contributed by atoms with Crippen molar-refractivity contribution in [1.29, 1.82) is 0 Å². The van der Waals surface area contributed by atoms with Gasteiger partial charge in [-0.2, -0.15) is 0 Å². The zero-order chi connectivity index (χ0) is 12.7. The molecule has 1 aromatic rings. The van der Waals surface area contributed by atoms with Crippen LogP contribution in [0, 0.1) is 0 Å². The molecule has 2 atom stereocenters. The average Bonchev–Trinajstić information content (AvgIpc) is 3.14. The number of fused-ring (bicyclic) bond motifs is 3. The van der Waals surface area contributed by atoms with Crippen molar-refractivity contribution in [3.63, 3.8) is 0 Å². The van der Waals surface area contributed by atoms with Crippen molar-refractivity contribution in [2.45, 2.75) is 18.2 Å². The number of alkyl halides is 1. The summed E-state index contributed by atoms with van der Waals surface area (Å²) in [6, 6.07) is 3.40. The van der Waals surface area contributed by atoms with Crippen LogP contribution in [0.4, 0.5) is 4.39 Å². The van der Waals surface area contributed by atoms with Gasteiger partial charge in [-0.15, -0.1) is 0 Å². The van der Waals surface area contributed by atoms with Crippen molar-refractivity contribution < 1.29 is 23.7 Å². The minimum Gasteiger partial charge on any atom is -0.562 e. The van der Waals surface area contributed by atoms with E-state index < -0.39 is 12.6 Å². The highest BCUT2D eigenvalue weighted by Crippen LogP contribution is 2.58. The number of carbonyl (C=O) groups is 1. The first-order valence-electron chi connectivity index (χ1n) is 5.81. The van der Waals surface area contributed by atoms with Crippen molar-refractivity contribution >= 4 is 13.5 Å². The van der Waals surface area contributed by atoms with Crippen molar-refractivity contribution in [2.75, 3.05) is 13.3 Å². The number of halogens is 1. The second kappa shape index (κ2) is 4.19. The number of rotatable bonds is 4. The summed E-state index contributed by atoms with van der Waals surface area (Å²) in [6.45, 7) is -0.817. The van der Waals surface area contributed by atoms with E-state index in [1.165, 1.54) is 0 Å². The van der Waals surface area contributed by atoms with E-state index in [9.17, 15) is 14.3 Å². The monoisotopic (exact) mass is 249 g/mol. The van der Waals surface area contributed by atoms with E-state index in [-0.39, 0.29) is 17.9 Å². The van der Waals surface area contributed by atoms with Crippen molar-refractivity contribution in [3.05, 3.63) is 23.3 Å². The maximum atomic E-state index is 12.1. The van der Waals surface area contributed by atoms with Crippen LogP contribution in [-0.4, -0.2) is 31.8 Å². The lowest BCUT2D eigenvalue weighted by molar-refractivity contribution is 0.0689. The molecule has 4 nitrogen and oxygen atoms in total. The Labute approximate surface area is 104 Å². The lowest BCUT2D eigenvalue weighted by Crippen LogP contribution is -2.15. The SMILES string of the molecule is O=C(O)c1c(OCCF)ccc2c1O[B]C1CC21. The summed E-state index contributed by atoms with van der Waals surface area (Å²) in [5, 5.41) is 9.25. The van der Waals surface area contributed by atoms with Gasteiger partial charge in [0.05, 0.1) is 0 Å². The van der Waals surface area contributed by atoms with E-state index in [0.29, 0.717) is 17.5 Å². The van der Waals surface area contributed by atoms with Crippen LogP contribution in [-0.2, 0) is 0 Å². The molecule has 1 radical (unpaired) electrons. The van der Waals surface area contributed by atoms with Crippen LogP contribution in [0.25, 0.3) is 0 Å². The maximum absolute atomic E-state index is 12.1.